The van der Waals surface area contributed by atoms with Gasteiger partial charge < -0.3 is 14.8 Å². The van der Waals surface area contributed by atoms with E-state index in [1.54, 1.807) is 6.20 Å². The lowest BCUT2D eigenvalue weighted by atomic mass is 9.79. The lowest BCUT2D eigenvalue weighted by Gasteiger charge is -2.38. The zero-order chi connectivity index (χ0) is 17.8. The highest BCUT2D eigenvalue weighted by atomic mass is 32.1. The Morgan fingerprint density at radius 3 is 2.77 bits per heavy atom. The van der Waals surface area contributed by atoms with Gasteiger partial charge in [0.25, 0.3) is 5.91 Å². The molecular weight excluding hydrogens is 350 g/mol. The van der Waals surface area contributed by atoms with Crippen molar-refractivity contribution in [2.45, 2.75) is 44.7 Å². The number of hydrogen-bond acceptors (Lipinski definition) is 6. The number of likely N-dealkylation sites (tertiary alicyclic amines) is 1. The van der Waals surface area contributed by atoms with Crippen LogP contribution in [0.1, 0.15) is 46.8 Å². The van der Waals surface area contributed by atoms with Gasteiger partial charge in [0.1, 0.15) is 9.88 Å². The van der Waals surface area contributed by atoms with Gasteiger partial charge in [-0.05, 0) is 51.1 Å². The molecule has 0 aromatic carbocycles. The quantitative estimate of drug-likeness (QED) is 0.850. The van der Waals surface area contributed by atoms with Gasteiger partial charge in [0.2, 0.25) is 0 Å². The predicted octanol–water partition coefficient (Wildman–Crippen LogP) is 2.30. The van der Waals surface area contributed by atoms with E-state index in [1.165, 1.54) is 24.2 Å². The first-order valence-electron chi connectivity index (χ1n) is 9.93. The number of nitrogens with zero attached hydrogens (tertiary/aromatic N) is 2. The first kappa shape index (κ1) is 18.3. The fourth-order valence-electron chi connectivity index (χ4n) is 4.41. The molecule has 3 fully saturated rings. The van der Waals surface area contributed by atoms with Crippen molar-refractivity contribution in [3.63, 3.8) is 0 Å². The second-order valence-electron chi connectivity index (χ2n) is 7.66. The van der Waals surface area contributed by atoms with E-state index in [4.69, 9.17) is 9.47 Å². The molecule has 0 spiro atoms. The Labute approximate surface area is 159 Å². The third kappa shape index (κ3) is 4.44. The average Bonchev–Trinajstić information content (AvgIpc) is 3.35. The Morgan fingerprint density at radius 2 is 1.96 bits per heavy atom. The summed E-state index contributed by atoms with van der Waals surface area (Å²) < 4.78 is 11.2. The molecule has 4 rings (SSSR count). The summed E-state index contributed by atoms with van der Waals surface area (Å²) in [7, 11) is 0. The summed E-state index contributed by atoms with van der Waals surface area (Å²) in [5.74, 6) is 1.01. The molecular formula is C19H29N3O3S. The number of rotatable bonds is 5. The molecule has 0 saturated carbocycles. The Morgan fingerprint density at radius 1 is 1.19 bits per heavy atom. The number of thiazole rings is 1. The van der Waals surface area contributed by atoms with Crippen molar-refractivity contribution in [3.05, 3.63) is 16.1 Å². The minimum absolute atomic E-state index is 0.0270. The molecule has 1 amide bonds. The van der Waals surface area contributed by atoms with Crippen LogP contribution >= 0.6 is 11.3 Å². The van der Waals surface area contributed by atoms with E-state index in [0.29, 0.717) is 11.8 Å². The van der Waals surface area contributed by atoms with E-state index in [1.807, 2.05) is 0 Å². The maximum Gasteiger partial charge on any atom is 0.263 e. The van der Waals surface area contributed by atoms with E-state index in [-0.39, 0.29) is 11.9 Å². The minimum atomic E-state index is 0.0270. The van der Waals surface area contributed by atoms with Crippen molar-refractivity contribution in [2.24, 2.45) is 11.8 Å². The van der Waals surface area contributed by atoms with Crippen LogP contribution in [0.2, 0.25) is 0 Å². The molecule has 1 aromatic rings. The lowest BCUT2D eigenvalue weighted by Crippen LogP contribution is -2.49. The summed E-state index contributed by atoms with van der Waals surface area (Å²) in [5.41, 5.74) is 0. The van der Waals surface area contributed by atoms with Crippen molar-refractivity contribution in [3.8, 4) is 0 Å². The van der Waals surface area contributed by atoms with Crippen molar-refractivity contribution < 1.29 is 14.3 Å². The van der Waals surface area contributed by atoms with Gasteiger partial charge in [-0.2, -0.15) is 0 Å². The SMILES string of the molecule is O=C(N[C@H]1CCOC[C@H]1C1CCOCC1)c1cnc(CN2CCCC2)s1. The molecule has 1 aromatic heterocycles. The minimum Gasteiger partial charge on any atom is -0.381 e. The second-order valence-corrected chi connectivity index (χ2v) is 8.77. The number of carbonyl (C=O) groups excluding carboxylic acids is 1. The van der Waals surface area contributed by atoms with Crippen LogP contribution < -0.4 is 5.32 Å². The number of hydrogen-bond donors (Lipinski definition) is 1. The zero-order valence-corrected chi connectivity index (χ0v) is 16.1. The molecule has 0 unspecified atom stereocenters. The summed E-state index contributed by atoms with van der Waals surface area (Å²) in [6.07, 6.45) is 7.33. The van der Waals surface area contributed by atoms with Crippen LogP contribution in [-0.4, -0.2) is 61.3 Å². The van der Waals surface area contributed by atoms with Gasteiger partial charge in [-0.25, -0.2) is 4.98 Å². The monoisotopic (exact) mass is 379 g/mol. The standard InChI is InChI=1S/C19H29N3O3S/c23-19(17-11-20-18(26-17)12-22-6-1-2-7-22)21-16-5-10-25-13-15(16)14-3-8-24-9-4-14/h11,14-16H,1-10,12-13H2,(H,21,23)/t15-,16-/m0/s1. The molecule has 7 heteroatoms. The second kappa shape index (κ2) is 8.78. The predicted molar refractivity (Wildman–Crippen MR) is 100 cm³/mol. The maximum atomic E-state index is 12.8. The molecule has 0 bridgehead atoms. The van der Waals surface area contributed by atoms with Crippen LogP contribution in [0, 0.1) is 11.8 Å². The summed E-state index contributed by atoms with van der Waals surface area (Å²) in [6, 6.07) is 0.198. The van der Waals surface area contributed by atoms with Crippen molar-refractivity contribution >= 4 is 17.2 Å². The summed E-state index contributed by atoms with van der Waals surface area (Å²) >= 11 is 1.54. The average molecular weight is 380 g/mol. The van der Waals surface area contributed by atoms with Gasteiger partial charge in [-0.1, -0.05) is 0 Å². The number of nitrogens with one attached hydrogen (secondary N) is 1. The van der Waals surface area contributed by atoms with E-state index < -0.39 is 0 Å². The van der Waals surface area contributed by atoms with E-state index in [9.17, 15) is 4.79 Å². The van der Waals surface area contributed by atoms with Gasteiger partial charge in [0.15, 0.2) is 0 Å². The Kier molecular flexibility index (Phi) is 6.20. The maximum absolute atomic E-state index is 12.8. The van der Waals surface area contributed by atoms with Crippen LogP contribution in [0.5, 0.6) is 0 Å². The van der Waals surface area contributed by atoms with Gasteiger partial charge >= 0.3 is 0 Å². The van der Waals surface area contributed by atoms with Gasteiger partial charge in [-0.15, -0.1) is 11.3 Å². The largest absolute Gasteiger partial charge is 0.381 e. The first-order chi connectivity index (χ1) is 12.8. The van der Waals surface area contributed by atoms with Crippen molar-refractivity contribution in [2.75, 3.05) is 39.5 Å². The topological polar surface area (TPSA) is 63.7 Å². The first-order valence-corrected chi connectivity index (χ1v) is 10.7. The van der Waals surface area contributed by atoms with Crippen LogP contribution in [0.3, 0.4) is 0 Å². The summed E-state index contributed by atoms with van der Waals surface area (Å²) in [4.78, 5) is 20.4. The molecule has 0 aliphatic carbocycles. The van der Waals surface area contributed by atoms with Crippen LogP contribution in [0.15, 0.2) is 6.20 Å². The normalized spacial score (nSPS) is 28.3. The molecule has 2 atom stereocenters. The lowest BCUT2D eigenvalue weighted by molar-refractivity contribution is -0.0259. The van der Waals surface area contributed by atoms with Gasteiger partial charge in [0, 0.05) is 31.8 Å². The van der Waals surface area contributed by atoms with Crippen LogP contribution in [0.4, 0.5) is 0 Å². The highest BCUT2D eigenvalue weighted by Gasteiger charge is 2.34. The molecule has 1 N–H and O–H groups in total. The van der Waals surface area contributed by atoms with Crippen molar-refractivity contribution in [1.29, 1.82) is 0 Å². The number of carbonyl (C=O) groups is 1. The number of amides is 1. The smallest absolute Gasteiger partial charge is 0.263 e. The molecule has 0 radical (unpaired) electrons. The highest BCUT2D eigenvalue weighted by Crippen LogP contribution is 2.30. The van der Waals surface area contributed by atoms with Crippen LogP contribution in [0.25, 0.3) is 0 Å². The third-order valence-electron chi connectivity index (χ3n) is 5.92. The fraction of sp³-hybridized carbons (Fsp3) is 0.789. The summed E-state index contributed by atoms with van der Waals surface area (Å²) in [6.45, 7) is 6.31. The number of ether oxygens (including phenoxy) is 2. The molecule has 4 heterocycles. The molecule has 144 valence electrons. The third-order valence-corrected chi connectivity index (χ3v) is 6.90. The molecule has 26 heavy (non-hydrogen) atoms. The Bertz CT molecular complexity index is 597. The van der Waals surface area contributed by atoms with Crippen LogP contribution in [-0.2, 0) is 16.0 Å². The Hall–Kier alpha value is -1.02. The molecule has 3 saturated heterocycles. The summed E-state index contributed by atoms with van der Waals surface area (Å²) in [5, 5.41) is 4.33. The highest BCUT2D eigenvalue weighted by molar-refractivity contribution is 7.13. The van der Waals surface area contributed by atoms with Gasteiger partial charge in [-0.3, -0.25) is 9.69 Å². The van der Waals surface area contributed by atoms with E-state index in [0.717, 1.165) is 75.2 Å². The van der Waals surface area contributed by atoms with E-state index >= 15 is 0 Å². The van der Waals surface area contributed by atoms with Crippen molar-refractivity contribution in [1.82, 2.24) is 15.2 Å². The zero-order valence-electron chi connectivity index (χ0n) is 15.3. The Balaban J connectivity index is 1.35. The molecule has 3 aliphatic heterocycles. The number of aromatic nitrogens is 1. The molecule has 3 aliphatic rings. The fourth-order valence-corrected chi connectivity index (χ4v) is 5.27. The van der Waals surface area contributed by atoms with E-state index in [2.05, 4.69) is 15.2 Å². The molecule has 6 nitrogen and oxygen atoms in total. The van der Waals surface area contributed by atoms with Gasteiger partial charge in [0.05, 0.1) is 19.3 Å².